The number of likely N-dealkylation sites (tertiary alicyclic amines) is 1. The zero-order valence-corrected chi connectivity index (χ0v) is 12.6. The van der Waals surface area contributed by atoms with E-state index in [2.05, 4.69) is 17.1 Å². The Hall–Kier alpha value is -0.130. The lowest BCUT2D eigenvalue weighted by atomic mass is 9.92. The molecule has 1 saturated heterocycles. The summed E-state index contributed by atoms with van der Waals surface area (Å²) < 4.78 is 21.9. The average molecular weight is 276 g/mol. The number of rotatable bonds is 8. The van der Waals surface area contributed by atoms with Gasteiger partial charge in [0.25, 0.3) is 0 Å². The van der Waals surface area contributed by atoms with Crippen molar-refractivity contribution >= 4 is 9.84 Å². The molecule has 0 saturated carbocycles. The van der Waals surface area contributed by atoms with Crippen molar-refractivity contribution in [3.05, 3.63) is 0 Å². The molecule has 18 heavy (non-hydrogen) atoms. The standard InChI is InChI=1S/C13H28N2O2S/c1-3-4-13-5-9-15(10-6-13)11-7-14-8-12-18(2,16)17/h13-14H,3-12H2,1-2H3. The molecule has 0 amide bonds. The summed E-state index contributed by atoms with van der Waals surface area (Å²) in [6, 6.07) is 0. The molecule has 0 aromatic rings. The summed E-state index contributed by atoms with van der Waals surface area (Å²) in [6.07, 6.45) is 6.62. The fraction of sp³-hybridized carbons (Fsp3) is 1.00. The number of hydrogen-bond acceptors (Lipinski definition) is 4. The Kier molecular flexibility index (Phi) is 7.19. The Bertz CT molecular complexity index is 309. The Morgan fingerprint density at radius 3 is 2.44 bits per heavy atom. The molecule has 4 nitrogen and oxygen atoms in total. The molecule has 108 valence electrons. The van der Waals surface area contributed by atoms with Crippen LogP contribution in [0, 0.1) is 5.92 Å². The highest BCUT2D eigenvalue weighted by atomic mass is 32.2. The van der Waals surface area contributed by atoms with E-state index in [4.69, 9.17) is 0 Å². The maximum atomic E-state index is 10.9. The zero-order chi connectivity index (χ0) is 13.4. The predicted octanol–water partition coefficient (Wildman–Crippen LogP) is 1.13. The lowest BCUT2D eigenvalue weighted by Crippen LogP contribution is -2.39. The van der Waals surface area contributed by atoms with Crippen LogP contribution in [0.4, 0.5) is 0 Å². The van der Waals surface area contributed by atoms with Crippen molar-refractivity contribution in [2.45, 2.75) is 32.6 Å². The van der Waals surface area contributed by atoms with E-state index in [1.54, 1.807) is 0 Å². The fourth-order valence-electron chi connectivity index (χ4n) is 2.53. The summed E-state index contributed by atoms with van der Waals surface area (Å²) in [7, 11) is -2.82. The van der Waals surface area contributed by atoms with Crippen molar-refractivity contribution in [3.63, 3.8) is 0 Å². The summed E-state index contributed by atoms with van der Waals surface area (Å²) >= 11 is 0. The third kappa shape index (κ3) is 7.34. The molecule has 0 aliphatic carbocycles. The lowest BCUT2D eigenvalue weighted by Gasteiger charge is -2.31. The van der Waals surface area contributed by atoms with Crippen molar-refractivity contribution in [2.75, 3.05) is 44.7 Å². The second kappa shape index (κ2) is 8.12. The number of hydrogen-bond donors (Lipinski definition) is 1. The lowest BCUT2D eigenvalue weighted by molar-refractivity contribution is 0.179. The molecule has 5 heteroatoms. The molecule has 0 atom stereocenters. The first kappa shape index (κ1) is 15.9. The minimum atomic E-state index is -2.82. The smallest absolute Gasteiger partial charge is 0.148 e. The van der Waals surface area contributed by atoms with Crippen molar-refractivity contribution in [3.8, 4) is 0 Å². The van der Waals surface area contributed by atoms with E-state index in [-0.39, 0.29) is 5.75 Å². The van der Waals surface area contributed by atoms with E-state index in [9.17, 15) is 8.42 Å². The quantitative estimate of drug-likeness (QED) is 0.675. The largest absolute Gasteiger partial charge is 0.314 e. The van der Waals surface area contributed by atoms with Gasteiger partial charge in [0.15, 0.2) is 0 Å². The van der Waals surface area contributed by atoms with Crippen LogP contribution >= 0.6 is 0 Å². The molecule has 0 bridgehead atoms. The third-order valence-electron chi connectivity index (χ3n) is 3.66. The van der Waals surface area contributed by atoms with Crippen LogP contribution in [-0.4, -0.2) is 58.1 Å². The molecule has 1 N–H and O–H groups in total. The Balaban J connectivity index is 2.01. The third-order valence-corrected chi connectivity index (χ3v) is 4.60. The van der Waals surface area contributed by atoms with Gasteiger partial charge < -0.3 is 10.2 Å². The van der Waals surface area contributed by atoms with E-state index >= 15 is 0 Å². The number of sulfone groups is 1. The molecule has 0 unspecified atom stereocenters. The summed E-state index contributed by atoms with van der Waals surface area (Å²) in [4.78, 5) is 2.49. The molecule has 0 aromatic carbocycles. The Morgan fingerprint density at radius 2 is 1.89 bits per heavy atom. The Labute approximate surface area is 112 Å². The fourth-order valence-corrected chi connectivity index (χ4v) is 3.04. The van der Waals surface area contributed by atoms with Gasteiger partial charge in [-0.05, 0) is 31.8 Å². The van der Waals surface area contributed by atoms with Crippen LogP contribution in [0.25, 0.3) is 0 Å². The monoisotopic (exact) mass is 276 g/mol. The maximum Gasteiger partial charge on any atom is 0.148 e. The second-order valence-electron chi connectivity index (χ2n) is 5.45. The van der Waals surface area contributed by atoms with Crippen LogP contribution < -0.4 is 5.32 Å². The highest BCUT2D eigenvalue weighted by molar-refractivity contribution is 7.90. The highest BCUT2D eigenvalue weighted by Gasteiger charge is 2.17. The maximum absolute atomic E-state index is 10.9. The molecule has 0 spiro atoms. The van der Waals surface area contributed by atoms with Crippen LogP contribution in [0.3, 0.4) is 0 Å². The second-order valence-corrected chi connectivity index (χ2v) is 7.71. The number of nitrogens with one attached hydrogen (secondary N) is 1. The average Bonchev–Trinajstić information content (AvgIpc) is 2.30. The van der Waals surface area contributed by atoms with Crippen molar-refractivity contribution in [1.82, 2.24) is 10.2 Å². The van der Waals surface area contributed by atoms with Crippen molar-refractivity contribution in [1.29, 1.82) is 0 Å². The molecule has 1 aliphatic heterocycles. The molecule has 1 fully saturated rings. The molecule has 0 aromatic heterocycles. The van der Waals surface area contributed by atoms with Crippen LogP contribution in [-0.2, 0) is 9.84 Å². The minimum Gasteiger partial charge on any atom is -0.314 e. The SMILES string of the molecule is CCCC1CCN(CCNCCS(C)(=O)=O)CC1. The molecule has 1 heterocycles. The topological polar surface area (TPSA) is 49.4 Å². The van der Waals surface area contributed by atoms with Gasteiger partial charge >= 0.3 is 0 Å². The van der Waals surface area contributed by atoms with Gasteiger partial charge in [-0.2, -0.15) is 0 Å². The minimum absolute atomic E-state index is 0.242. The van der Waals surface area contributed by atoms with Gasteiger partial charge in [-0.15, -0.1) is 0 Å². The summed E-state index contributed by atoms with van der Waals surface area (Å²) in [6.45, 7) is 7.19. The van der Waals surface area contributed by atoms with E-state index in [1.165, 1.54) is 45.0 Å². The first-order chi connectivity index (χ1) is 8.51. The first-order valence-electron chi connectivity index (χ1n) is 7.12. The van der Waals surface area contributed by atoms with Crippen molar-refractivity contribution < 1.29 is 8.42 Å². The molecule has 1 rings (SSSR count). The summed E-state index contributed by atoms with van der Waals surface area (Å²) in [5.74, 6) is 1.18. The first-order valence-corrected chi connectivity index (χ1v) is 9.18. The van der Waals surface area contributed by atoms with E-state index < -0.39 is 9.84 Å². The van der Waals surface area contributed by atoms with E-state index in [1.807, 2.05) is 0 Å². The van der Waals surface area contributed by atoms with Gasteiger partial charge in [0, 0.05) is 25.9 Å². The van der Waals surface area contributed by atoms with E-state index in [0.29, 0.717) is 6.54 Å². The van der Waals surface area contributed by atoms with Gasteiger partial charge in [0.1, 0.15) is 9.84 Å². The van der Waals surface area contributed by atoms with Gasteiger partial charge in [-0.1, -0.05) is 19.8 Å². The normalized spacial score (nSPS) is 19.2. The molecular weight excluding hydrogens is 248 g/mol. The van der Waals surface area contributed by atoms with Gasteiger partial charge in [-0.25, -0.2) is 8.42 Å². The number of nitrogens with zero attached hydrogens (tertiary/aromatic N) is 1. The zero-order valence-electron chi connectivity index (χ0n) is 11.8. The molecular formula is C13H28N2O2S. The van der Waals surface area contributed by atoms with Gasteiger partial charge in [0.2, 0.25) is 0 Å². The number of piperidine rings is 1. The van der Waals surface area contributed by atoms with Crippen LogP contribution in [0.5, 0.6) is 0 Å². The predicted molar refractivity (Wildman–Crippen MR) is 76.7 cm³/mol. The summed E-state index contributed by atoms with van der Waals surface area (Å²) in [5.41, 5.74) is 0. The summed E-state index contributed by atoms with van der Waals surface area (Å²) in [5, 5.41) is 3.20. The van der Waals surface area contributed by atoms with E-state index in [0.717, 1.165) is 19.0 Å². The van der Waals surface area contributed by atoms with Gasteiger partial charge in [-0.3, -0.25) is 0 Å². The molecule has 1 aliphatic rings. The van der Waals surface area contributed by atoms with Crippen LogP contribution in [0.2, 0.25) is 0 Å². The highest BCUT2D eigenvalue weighted by Crippen LogP contribution is 2.21. The van der Waals surface area contributed by atoms with Crippen LogP contribution in [0.15, 0.2) is 0 Å². The Morgan fingerprint density at radius 1 is 1.22 bits per heavy atom. The van der Waals surface area contributed by atoms with Crippen LogP contribution in [0.1, 0.15) is 32.6 Å². The van der Waals surface area contributed by atoms with Crippen molar-refractivity contribution in [2.24, 2.45) is 5.92 Å². The molecule has 0 radical (unpaired) electrons. The van der Waals surface area contributed by atoms with Gasteiger partial charge in [0.05, 0.1) is 5.75 Å².